The SMILES string of the molecule is Cc1nc2cc(C(C)C)[nH]n2c(=O)c1CCO. The highest BCUT2D eigenvalue weighted by atomic mass is 16.3. The molecule has 17 heavy (non-hydrogen) atoms. The number of nitrogens with one attached hydrogen (secondary N) is 1. The van der Waals surface area contributed by atoms with Gasteiger partial charge in [-0.15, -0.1) is 0 Å². The van der Waals surface area contributed by atoms with Crippen LogP contribution in [-0.4, -0.2) is 26.3 Å². The third kappa shape index (κ3) is 1.98. The summed E-state index contributed by atoms with van der Waals surface area (Å²) in [6.07, 6.45) is 0.344. The van der Waals surface area contributed by atoms with Crippen LogP contribution in [0.25, 0.3) is 5.65 Å². The highest BCUT2D eigenvalue weighted by Crippen LogP contribution is 2.13. The molecular weight excluding hydrogens is 218 g/mol. The van der Waals surface area contributed by atoms with Crippen molar-refractivity contribution in [3.8, 4) is 0 Å². The van der Waals surface area contributed by atoms with Crippen LogP contribution in [0.3, 0.4) is 0 Å². The molecule has 0 saturated carbocycles. The molecule has 0 atom stereocenters. The molecular formula is C12H17N3O2. The Kier molecular flexibility index (Phi) is 3.02. The molecule has 5 nitrogen and oxygen atoms in total. The second-order valence-corrected chi connectivity index (χ2v) is 4.51. The van der Waals surface area contributed by atoms with Crippen molar-refractivity contribution in [2.75, 3.05) is 6.61 Å². The van der Waals surface area contributed by atoms with Gasteiger partial charge < -0.3 is 5.11 Å². The van der Waals surface area contributed by atoms with E-state index in [4.69, 9.17) is 5.11 Å². The minimum absolute atomic E-state index is 0.0401. The third-order valence-electron chi connectivity index (χ3n) is 2.92. The van der Waals surface area contributed by atoms with Crippen molar-refractivity contribution in [3.63, 3.8) is 0 Å². The fraction of sp³-hybridized carbons (Fsp3) is 0.500. The first-order chi connectivity index (χ1) is 8.04. The molecule has 2 rings (SSSR count). The van der Waals surface area contributed by atoms with Crippen LogP contribution in [-0.2, 0) is 6.42 Å². The normalized spacial score (nSPS) is 11.6. The van der Waals surface area contributed by atoms with Crippen molar-refractivity contribution in [2.45, 2.75) is 33.1 Å². The first kappa shape index (κ1) is 11.9. The summed E-state index contributed by atoms with van der Waals surface area (Å²) >= 11 is 0. The Morgan fingerprint density at radius 2 is 2.24 bits per heavy atom. The zero-order valence-electron chi connectivity index (χ0n) is 10.3. The number of aliphatic hydroxyl groups excluding tert-OH is 1. The van der Waals surface area contributed by atoms with Crippen LogP contribution in [0.5, 0.6) is 0 Å². The van der Waals surface area contributed by atoms with Crippen molar-refractivity contribution < 1.29 is 5.11 Å². The number of hydrogen-bond donors (Lipinski definition) is 2. The lowest BCUT2D eigenvalue weighted by atomic mass is 10.1. The molecule has 0 aliphatic rings. The molecule has 0 spiro atoms. The second-order valence-electron chi connectivity index (χ2n) is 4.51. The van der Waals surface area contributed by atoms with Crippen molar-refractivity contribution in [1.29, 1.82) is 0 Å². The molecule has 0 unspecified atom stereocenters. The Hall–Kier alpha value is -1.62. The quantitative estimate of drug-likeness (QED) is 0.833. The van der Waals surface area contributed by atoms with Crippen molar-refractivity contribution in [2.24, 2.45) is 0 Å². The Labute approximate surface area is 99.1 Å². The van der Waals surface area contributed by atoms with Crippen LogP contribution in [0.15, 0.2) is 10.9 Å². The van der Waals surface area contributed by atoms with Gasteiger partial charge in [0.1, 0.15) is 0 Å². The van der Waals surface area contributed by atoms with Crippen LogP contribution in [0.1, 0.15) is 36.7 Å². The summed E-state index contributed by atoms with van der Waals surface area (Å²) < 4.78 is 1.45. The van der Waals surface area contributed by atoms with E-state index in [1.807, 2.05) is 6.07 Å². The molecule has 0 aromatic carbocycles. The highest BCUT2D eigenvalue weighted by molar-refractivity contribution is 5.42. The Morgan fingerprint density at radius 1 is 1.53 bits per heavy atom. The lowest BCUT2D eigenvalue weighted by molar-refractivity contribution is 0.298. The average molecular weight is 235 g/mol. The summed E-state index contributed by atoms with van der Waals surface area (Å²) in [6, 6.07) is 1.89. The summed E-state index contributed by atoms with van der Waals surface area (Å²) in [5, 5.41) is 12.0. The van der Waals surface area contributed by atoms with E-state index in [-0.39, 0.29) is 12.2 Å². The van der Waals surface area contributed by atoms with Crippen molar-refractivity contribution >= 4 is 5.65 Å². The van der Waals surface area contributed by atoms with Gasteiger partial charge in [-0.1, -0.05) is 13.8 Å². The van der Waals surface area contributed by atoms with Gasteiger partial charge in [0.25, 0.3) is 5.56 Å². The van der Waals surface area contributed by atoms with Gasteiger partial charge in [-0.05, 0) is 12.8 Å². The Morgan fingerprint density at radius 3 is 2.82 bits per heavy atom. The van der Waals surface area contributed by atoms with Gasteiger partial charge in [-0.2, -0.15) is 0 Å². The zero-order chi connectivity index (χ0) is 12.6. The molecule has 0 aliphatic heterocycles. The number of aromatic amines is 1. The van der Waals surface area contributed by atoms with E-state index in [0.717, 1.165) is 5.69 Å². The molecule has 2 aromatic rings. The minimum atomic E-state index is -0.117. The Bertz CT molecular complexity index is 596. The monoisotopic (exact) mass is 235 g/mol. The lowest BCUT2D eigenvalue weighted by Crippen LogP contribution is -2.22. The van der Waals surface area contributed by atoms with E-state index in [0.29, 0.717) is 29.2 Å². The van der Waals surface area contributed by atoms with E-state index in [9.17, 15) is 4.79 Å². The van der Waals surface area contributed by atoms with Gasteiger partial charge in [0.15, 0.2) is 5.65 Å². The highest BCUT2D eigenvalue weighted by Gasteiger charge is 2.12. The maximum atomic E-state index is 12.2. The predicted octanol–water partition coefficient (Wildman–Crippen LogP) is 0.989. The second kappa shape index (κ2) is 4.33. The molecule has 0 aliphatic carbocycles. The fourth-order valence-electron chi connectivity index (χ4n) is 1.88. The number of nitrogens with zero attached hydrogens (tertiary/aromatic N) is 2. The maximum absolute atomic E-state index is 12.2. The fourth-order valence-corrected chi connectivity index (χ4v) is 1.88. The van der Waals surface area contributed by atoms with Gasteiger partial charge >= 0.3 is 0 Å². The molecule has 2 N–H and O–H groups in total. The molecule has 2 heterocycles. The van der Waals surface area contributed by atoms with Gasteiger partial charge in [0.2, 0.25) is 0 Å². The van der Waals surface area contributed by atoms with E-state index in [1.54, 1.807) is 6.92 Å². The Balaban J connectivity index is 2.69. The number of H-pyrrole nitrogens is 1. The number of aromatic nitrogens is 3. The van der Waals surface area contributed by atoms with Crippen LogP contribution in [0.4, 0.5) is 0 Å². The molecule has 0 saturated heterocycles. The average Bonchev–Trinajstić information content (AvgIpc) is 2.68. The standard InChI is InChI=1S/C12H17N3O2/c1-7(2)10-6-11-13-8(3)9(4-5-16)12(17)15(11)14-10/h6-7,14,16H,4-5H2,1-3H3. The van der Waals surface area contributed by atoms with Crippen LogP contribution >= 0.6 is 0 Å². The number of rotatable bonds is 3. The van der Waals surface area contributed by atoms with Crippen molar-refractivity contribution in [3.05, 3.63) is 33.4 Å². The van der Waals surface area contributed by atoms with E-state index in [2.05, 4.69) is 23.9 Å². The van der Waals surface area contributed by atoms with Crippen LogP contribution in [0.2, 0.25) is 0 Å². The molecule has 5 heteroatoms. The summed E-state index contributed by atoms with van der Waals surface area (Å²) in [5.74, 6) is 0.317. The number of aliphatic hydroxyl groups is 1. The molecule has 0 radical (unpaired) electrons. The smallest absolute Gasteiger partial charge is 0.276 e. The molecule has 0 amide bonds. The lowest BCUT2D eigenvalue weighted by Gasteiger charge is -2.03. The molecule has 92 valence electrons. The third-order valence-corrected chi connectivity index (χ3v) is 2.92. The van der Waals surface area contributed by atoms with Gasteiger partial charge in [-0.3, -0.25) is 9.89 Å². The number of fused-ring (bicyclic) bond motifs is 1. The minimum Gasteiger partial charge on any atom is -0.396 e. The molecule has 0 bridgehead atoms. The van der Waals surface area contributed by atoms with Crippen LogP contribution < -0.4 is 5.56 Å². The van der Waals surface area contributed by atoms with Gasteiger partial charge in [-0.25, -0.2) is 9.50 Å². The number of aryl methyl sites for hydroxylation is 1. The van der Waals surface area contributed by atoms with Gasteiger partial charge in [0, 0.05) is 36.0 Å². The van der Waals surface area contributed by atoms with Crippen molar-refractivity contribution in [1.82, 2.24) is 14.6 Å². The maximum Gasteiger partial charge on any atom is 0.276 e. The van der Waals surface area contributed by atoms with E-state index >= 15 is 0 Å². The van der Waals surface area contributed by atoms with E-state index in [1.165, 1.54) is 4.52 Å². The largest absolute Gasteiger partial charge is 0.396 e. The topological polar surface area (TPSA) is 70.4 Å². The summed E-state index contributed by atoms with van der Waals surface area (Å²) in [6.45, 7) is 5.87. The molecule has 2 aromatic heterocycles. The number of hydrogen-bond acceptors (Lipinski definition) is 3. The first-order valence-electron chi connectivity index (χ1n) is 5.76. The molecule has 0 fully saturated rings. The summed E-state index contributed by atoms with van der Waals surface area (Å²) in [5.41, 5.74) is 2.77. The van der Waals surface area contributed by atoms with Gasteiger partial charge in [0.05, 0.1) is 0 Å². The zero-order valence-corrected chi connectivity index (χ0v) is 10.3. The first-order valence-corrected chi connectivity index (χ1v) is 5.76. The van der Waals surface area contributed by atoms with Crippen LogP contribution in [0, 0.1) is 6.92 Å². The summed E-state index contributed by atoms with van der Waals surface area (Å²) in [4.78, 5) is 16.5. The summed E-state index contributed by atoms with van der Waals surface area (Å²) in [7, 11) is 0. The van der Waals surface area contributed by atoms with E-state index < -0.39 is 0 Å². The predicted molar refractivity (Wildman–Crippen MR) is 65.4 cm³/mol.